The molecule has 0 aliphatic carbocycles. The lowest BCUT2D eigenvalue weighted by molar-refractivity contribution is -0.120. The molecule has 1 amide bonds. The summed E-state index contributed by atoms with van der Waals surface area (Å²) in [7, 11) is 0. The van der Waals surface area contributed by atoms with Gasteiger partial charge in [-0.2, -0.15) is 0 Å². The summed E-state index contributed by atoms with van der Waals surface area (Å²) >= 11 is 0. The molecule has 5 nitrogen and oxygen atoms in total. The first-order chi connectivity index (χ1) is 15.8. The topological polar surface area (TPSA) is 73.4 Å². The number of benzene rings is 2. The minimum atomic E-state index is -0.798. The number of aliphatic hydroxyl groups is 1. The van der Waals surface area contributed by atoms with Gasteiger partial charge in [-0.25, -0.2) is 4.39 Å². The zero-order valence-electron chi connectivity index (χ0n) is 21.3. The Labute approximate surface area is 203 Å². The predicted molar refractivity (Wildman–Crippen MR) is 136 cm³/mol. The van der Waals surface area contributed by atoms with Gasteiger partial charge in [0.2, 0.25) is 5.91 Å². The Morgan fingerprint density at radius 2 is 1.82 bits per heavy atom. The van der Waals surface area contributed by atoms with Crippen molar-refractivity contribution in [2.24, 2.45) is 5.41 Å². The van der Waals surface area contributed by atoms with E-state index in [1.54, 1.807) is 12.1 Å². The van der Waals surface area contributed by atoms with Gasteiger partial charge < -0.3 is 21.1 Å². The van der Waals surface area contributed by atoms with Crippen LogP contribution in [0.4, 0.5) is 10.1 Å². The molecule has 2 aromatic rings. The summed E-state index contributed by atoms with van der Waals surface area (Å²) in [6.07, 6.45) is 1.48. The number of carbonyl (C=O) groups excluding carboxylic acids is 1. The fourth-order valence-electron chi connectivity index (χ4n) is 4.78. The highest BCUT2D eigenvalue weighted by Gasteiger charge is 2.33. The first-order valence-electron chi connectivity index (χ1n) is 12.2. The number of anilines is 1. The third-order valence-corrected chi connectivity index (χ3v) is 6.21. The molecule has 0 fully saturated rings. The largest absolute Gasteiger partial charge is 0.390 e. The molecule has 0 bridgehead atoms. The van der Waals surface area contributed by atoms with Crippen molar-refractivity contribution in [3.63, 3.8) is 0 Å². The quantitative estimate of drug-likeness (QED) is 0.450. The van der Waals surface area contributed by atoms with Crippen LogP contribution < -0.4 is 16.0 Å². The van der Waals surface area contributed by atoms with E-state index >= 15 is 0 Å². The molecular formula is C28H40FN3O2. The summed E-state index contributed by atoms with van der Waals surface area (Å²) in [5, 5.41) is 21.1. The molecule has 4 N–H and O–H groups in total. The van der Waals surface area contributed by atoms with E-state index in [9.17, 15) is 14.3 Å². The van der Waals surface area contributed by atoms with Crippen molar-refractivity contribution in [3.05, 3.63) is 65.0 Å². The van der Waals surface area contributed by atoms with Crippen LogP contribution in [0.3, 0.4) is 0 Å². The maximum absolute atomic E-state index is 13.3. The van der Waals surface area contributed by atoms with Crippen molar-refractivity contribution in [1.29, 1.82) is 0 Å². The summed E-state index contributed by atoms with van der Waals surface area (Å²) in [6.45, 7) is 12.9. The zero-order chi connectivity index (χ0) is 25.1. The van der Waals surface area contributed by atoms with E-state index < -0.39 is 12.1 Å². The fourth-order valence-corrected chi connectivity index (χ4v) is 4.78. The van der Waals surface area contributed by atoms with E-state index in [1.165, 1.54) is 30.2 Å². The lowest BCUT2D eigenvalue weighted by Gasteiger charge is -2.40. The number of hydrogen-bond acceptors (Lipinski definition) is 4. The van der Waals surface area contributed by atoms with E-state index in [0.717, 1.165) is 24.1 Å². The van der Waals surface area contributed by atoms with E-state index in [4.69, 9.17) is 0 Å². The molecule has 0 unspecified atom stereocenters. The van der Waals surface area contributed by atoms with Crippen LogP contribution in [0.1, 0.15) is 70.7 Å². The van der Waals surface area contributed by atoms with Crippen LogP contribution in [0, 0.1) is 11.2 Å². The highest BCUT2D eigenvalue weighted by Crippen LogP contribution is 2.38. The molecular weight excluding hydrogens is 429 g/mol. The second kappa shape index (κ2) is 10.4. The van der Waals surface area contributed by atoms with E-state index in [-0.39, 0.29) is 28.7 Å². The first kappa shape index (κ1) is 26.2. The van der Waals surface area contributed by atoms with Crippen LogP contribution in [-0.2, 0) is 17.6 Å². The Bertz CT molecular complexity index is 982. The van der Waals surface area contributed by atoms with Gasteiger partial charge in [0, 0.05) is 30.7 Å². The third kappa shape index (κ3) is 7.54. The molecule has 34 heavy (non-hydrogen) atoms. The van der Waals surface area contributed by atoms with E-state index in [1.807, 2.05) is 0 Å². The maximum Gasteiger partial charge on any atom is 0.217 e. The van der Waals surface area contributed by atoms with Crippen LogP contribution in [-0.4, -0.2) is 35.2 Å². The predicted octanol–water partition coefficient (Wildman–Crippen LogP) is 4.75. The number of amides is 1. The average molecular weight is 470 g/mol. The minimum Gasteiger partial charge on any atom is -0.390 e. The van der Waals surface area contributed by atoms with Gasteiger partial charge >= 0.3 is 0 Å². The van der Waals surface area contributed by atoms with Crippen LogP contribution in [0.5, 0.6) is 0 Å². The number of carbonyl (C=O) groups is 1. The van der Waals surface area contributed by atoms with Crippen LogP contribution in [0.15, 0.2) is 42.5 Å². The monoisotopic (exact) mass is 469 g/mol. The van der Waals surface area contributed by atoms with Gasteiger partial charge in [0.1, 0.15) is 5.82 Å². The number of nitrogens with one attached hydrogen (secondary N) is 3. The maximum atomic E-state index is 13.3. The standard InChI is InChI=1S/C28H40FN3O2/c1-18(33)31-24(14-19-7-10-21(29)11-8-19)26(34)17-30-25-16-28(5,6)32-23-12-9-20(13-22(23)25)15-27(2,3)4/h7-13,24-26,30,32,34H,14-17H2,1-6H3,(H,31,33)/t24-,25-,26+/m0/s1. The fraction of sp³-hybridized carbons (Fsp3) is 0.536. The highest BCUT2D eigenvalue weighted by molar-refractivity contribution is 5.73. The van der Waals surface area contributed by atoms with Crippen molar-refractivity contribution in [1.82, 2.24) is 10.6 Å². The summed E-state index contributed by atoms with van der Waals surface area (Å²) in [6, 6.07) is 12.4. The molecule has 3 rings (SSSR count). The van der Waals surface area contributed by atoms with E-state index in [2.05, 4.69) is 68.8 Å². The molecule has 0 spiro atoms. The lowest BCUT2D eigenvalue weighted by Crippen LogP contribution is -2.50. The van der Waals surface area contributed by atoms with Gasteiger partial charge in [-0.3, -0.25) is 4.79 Å². The van der Waals surface area contributed by atoms with Crippen LogP contribution >= 0.6 is 0 Å². The third-order valence-electron chi connectivity index (χ3n) is 6.21. The number of fused-ring (bicyclic) bond motifs is 1. The first-order valence-corrected chi connectivity index (χ1v) is 12.2. The molecule has 1 aliphatic heterocycles. The number of rotatable bonds is 8. The highest BCUT2D eigenvalue weighted by atomic mass is 19.1. The van der Waals surface area contributed by atoms with Crippen molar-refractivity contribution in [2.45, 2.75) is 84.5 Å². The average Bonchev–Trinajstić information content (AvgIpc) is 2.71. The Hall–Kier alpha value is -2.44. The number of aliphatic hydroxyl groups excluding tert-OH is 1. The summed E-state index contributed by atoms with van der Waals surface area (Å²) in [5.41, 5.74) is 4.59. The smallest absolute Gasteiger partial charge is 0.217 e. The molecule has 6 heteroatoms. The Morgan fingerprint density at radius 1 is 1.18 bits per heavy atom. The van der Waals surface area contributed by atoms with Crippen molar-refractivity contribution >= 4 is 11.6 Å². The molecule has 0 radical (unpaired) electrons. The van der Waals surface area contributed by atoms with Gasteiger partial charge in [-0.15, -0.1) is 0 Å². The second-order valence-corrected chi connectivity index (χ2v) is 11.5. The van der Waals surface area contributed by atoms with Crippen LogP contribution in [0.25, 0.3) is 0 Å². The minimum absolute atomic E-state index is 0.0737. The lowest BCUT2D eigenvalue weighted by atomic mass is 9.82. The molecule has 0 saturated heterocycles. The van der Waals surface area contributed by atoms with Gasteiger partial charge in [-0.1, -0.05) is 45.0 Å². The van der Waals surface area contributed by atoms with Gasteiger partial charge in [0.25, 0.3) is 0 Å². The Morgan fingerprint density at radius 3 is 2.44 bits per heavy atom. The summed E-state index contributed by atoms with van der Waals surface area (Å²) in [4.78, 5) is 11.8. The normalized spacial score (nSPS) is 19.0. The second-order valence-electron chi connectivity index (χ2n) is 11.5. The molecule has 1 aliphatic rings. The van der Waals surface area contributed by atoms with Crippen LogP contribution in [0.2, 0.25) is 0 Å². The molecule has 0 aromatic heterocycles. The SMILES string of the molecule is CC(=O)N[C@@H](Cc1ccc(F)cc1)[C@H](O)CN[C@H]1CC(C)(C)Nc2ccc(CC(C)(C)C)cc21. The Kier molecular flexibility index (Phi) is 8.04. The molecule has 186 valence electrons. The molecule has 3 atom stereocenters. The van der Waals surface area contributed by atoms with Gasteiger partial charge in [0.15, 0.2) is 0 Å². The zero-order valence-corrected chi connectivity index (χ0v) is 21.3. The van der Waals surface area contributed by atoms with E-state index in [0.29, 0.717) is 13.0 Å². The van der Waals surface area contributed by atoms with Gasteiger partial charge in [-0.05, 0) is 73.4 Å². The Balaban J connectivity index is 1.75. The van der Waals surface area contributed by atoms with Crippen molar-refractivity contribution in [3.8, 4) is 0 Å². The number of halogens is 1. The summed E-state index contributed by atoms with van der Waals surface area (Å²) in [5.74, 6) is -0.508. The summed E-state index contributed by atoms with van der Waals surface area (Å²) < 4.78 is 13.3. The van der Waals surface area contributed by atoms with Gasteiger partial charge in [0.05, 0.1) is 12.1 Å². The van der Waals surface area contributed by atoms with Crippen molar-refractivity contribution in [2.75, 3.05) is 11.9 Å². The van der Waals surface area contributed by atoms with Crippen molar-refractivity contribution < 1.29 is 14.3 Å². The molecule has 1 heterocycles. The number of hydrogen-bond donors (Lipinski definition) is 4. The molecule has 0 saturated carbocycles. The molecule has 2 aromatic carbocycles.